The Hall–Kier alpha value is -5.87. The zero-order chi connectivity index (χ0) is 29.5. The summed E-state index contributed by atoms with van der Waals surface area (Å²) < 4.78 is 7.08. The van der Waals surface area contributed by atoms with Crippen LogP contribution in [0.2, 0.25) is 0 Å². The summed E-state index contributed by atoms with van der Waals surface area (Å²) in [6.45, 7) is 0. The lowest BCUT2D eigenvalue weighted by molar-refractivity contribution is 0.941. The molecule has 5 aromatic carbocycles. The molecule has 0 spiro atoms. The predicted octanol–water partition coefficient (Wildman–Crippen LogP) is 10.2. The average Bonchev–Trinajstić information content (AvgIpc) is 3.73. The van der Waals surface area contributed by atoms with Gasteiger partial charge in [-0.3, -0.25) is 9.13 Å². The van der Waals surface area contributed by atoms with Gasteiger partial charge in [0.25, 0.3) is 0 Å². The van der Waals surface area contributed by atoms with E-state index in [-0.39, 0.29) is 0 Å². The zero-order valence-corrected chi connectivity index (χ0v) is 24.6. The summed E-state index contributed by atoms with van der Waals surface area (Å²) in [4.78, 5) is 5.40. The summed E-state index contributed by atoms with van der Waals surface area (Å²) in [7, 11) is 0. The summed E-state index contributed by atoms with van der Waals surface area (Å²) in [6.07, 6.45) is 6.66. The Morgan fingerprint density at radius 1 is 0.444 bits per heavy atom. The molecule has 4 heteroatoms. The van der Waals surface area contributed by atoms with Crippen molar-refractivity contribution in [1.29, 1.82) is 0 Å². The quantitative estimate of drug-likeness (QED) is 0.206. The molecular formula is C41H28N4. The van der Waals surface area contributed by atoms with Gasteiger partial charge in [0, 0.05) is 32.6 Å². The monoisotopic (exact) mass is 576 g/mol. The van der Waals surface area contributed by atoms with Crippen LogP contribution < -0.4 is 0 Å². The van der Waals surface area contributed by atoms with Crippen molar-refractivity contribution >= 4 is 60.6 Å². The Balaban J connectivity index is 1.28. The van der Waals surface area contributed by atoms with Gasteiger partial charge in [0.05, 0.1) is 33.3 Å². The van der Waals surface area contributed by atoms with Crippen LogP contribution in [0.4, 0.5) is 0 Å². The first kappa shape index (κ1) is 24.6. The molecule has 4 nitrogen and oxygen atoms in total. The van der Waals surface area contributed by atoms with Gasteiger partial charge in [0.15, 0.2) is 0 Å². The van der Waals surface area contributed by atoms with E-state index < -0.39 is 0 Å². The molecule has 10 rings (SSSR count). The number of aryl methyl sites for hydroxylation is 1. The maximum Gasteiger partial charge on any atom is 0.140 e. The van der Waals surface area contributed by atoms with Crippen LogP contribution in [0.1, 0.15) is 17.7 Å². The molecule has 0 fully saturated rings. The lowest BCUT2D eigenvalue weighted by Gasteiger charge is -2.14. The Labute approximate surface area is 259 Å². The fraction of sp³-hybridized carbons (Fsp3) is 0.0488. The number of nitrogens with zero attached hydrogens (tertiary/aromatic N) is 4. The topological polar surface area (TPSA) is 27.7 Å². The SMILES string of the molecule is C1=Cc2c(c3cc4c5ccccc5n(-c5ccccc5)c4cc3n2-c2cccc(-n3c4ccccc4c4ccccc43)n2)CC1. The third-order valence-corrected chi connectivity index (χ3v) is 9.52. The minimum absolute atomic E-state index is 0.916. The van der Waals surface area contributed by atoms with Crippen molar-refractivity contribution in [2.45, 2.75) is 12.8 Å². The highest BCUT2D eigenvalue weighted by atomic mass is 15.1. The number of benzene rings is 5. The first-order valence-corrected chi connectivity index (χ1v) is 15.6. The van der Waals surface area contributed by atoms with E-state index in [0.29, 0.717) is 0 Å². The summed E-state index contributed by atoms with van der Waals surface area (Å²) in [6, 6.07) is 47.9. The second-order valence-electron chi connectivity index (χ2n) is 11.9. The van der Waals surface area contributed by atoms with Crippen LogP contribution >= 0.6 is 0 Å². The minimum atomic E-state index is 0.916. The molecule has 4 aromatic heterocycles. The van der Waals surface area contributed by atoms with E-state index in [9.17, 15) is 0 Å². The number of allylic oxidation sites excluding steroid dienone is 1. The number of aromatic nitrogens is 4. The second-order valence-corrected chi connectivity index (χ2v) is 11.9. The van der Waals surface area contributed by atoms with Gasteiger partial charge in [0.1, 0.15) is 11.6 Å². The fourth-order valence-corrected chi connectivity index (χ4v) is 7.63. The normalized spacial score (nSPS) is 13.1. The molecule has 9 aromatic rings. The van der Waals surface area contributed by atoms with Crippen molar-refractivity contribution in [3.63, 3.8) is 0 Å². The minimum Gasteiger partial charge on any atom is -0.309 e. The summed E-state index contributed by atoms with van der Waals surface area (Å²) >= 11 is 0. The lowest BCUT2D eigenvalue weighted by atomic mass is 10.00. The maximum atomic E-state index is 5.40. The molecule has 0 saturated heterocycles. The Kier molecular flexibility index (Phi) is 5.08. The number of hydrogen-bond acceptors (Lipinski definition) is 1. The van der Waals surface area contributed by atoms with Crippen LogP contribution in [0.25, 0.3) is 77.9 Å². The van der Waals surface area contributed by atoms with Crippen molar-refractivity contribution < 1.29 is 0 Å². The van der Waals surface area contributed by atoms with Crippen LogP contribution in [0, 0.1) is 0 Å². The predicted molar refractivity (Wildman–Crippen MR) is 187 cm³/mol. The zero-order valence-electron chi connectivity index (χ0n) is 24.6. The molecule has 45 heavy (non-hydrogen) atoms. The molecule has 0 aliphatic heterocycles. The van der Waals surface area contributed by atoms with E-state index >= 15 is 0 Å². The molecular weight excluding hydrogens is 548 g/mol. The van der Waals surface area contributed by atoms with Crippen molar-refractivity contribution in [3.05, 3.63) is 151 Å². The van der Waals surface area contributed by atoms with Gasteiger partial charge < -0.3 is 4.57 Å². The van der Waals surface area contributed by atoms with Gasteiger partial charge in [-0.05, 0) is 79.1 Å². The highest BCUT2D eigenvalue weighted by molar-refractivity contribution is 6.14. The lowest BCUT2D eigenvalue weighted by Crippen LogP contribution is -2.05. The molecule has 1 aliphatic rings. The second kappa shape index (κ2) is 9.31. The average molecular weight is 577 g/mol. The molecule has 0 saturated carbocycles. The Morgan fingerprint density at radius 2 is 1.02 bits per heavy atom. The van der Waals surface area contributed by atoms with Gasteiger partial charge in [0.2, 0.25) is 0 Å². The van der Waals surface area contributed by atoms with Crippen LogP contribution in [-0.4, -0.2) is 18.7 Å². The Morgan fingerprint density at radius 3 is 1.73 bits per heavy atom. The van der Waals surface area contributed by atoms with E-state index in [2.05, 4.69) is 159 Å². The standard InChI is InChI=1S/C41H28N4/c1-2-13-27(14-3-1)43-34-19-8-6-17-30(34)32-25-33-31-18-7-11-22-37(31)45(39(33)26-38(32)43)41-24-12-23-40(42-41)44-35-20-9-4-15-28(35)29-16-5-10-21-36(29)44/h1-6,8-17,19-26H,7,18H2. The highest BCUT2D eigenvalue weighted by Crippen LogP contribution is 2.40. The molecule has 0 amide bonds. The van der Waals surface area contributed by atoms with Gasteiger partial charge >= 0.3 is 0 Å². The third kappa shape index (κ3) is 3.45. The number of rotatable bonds is 3. The van der Waals surface area contributed by atoms with E-state index in [1.54, 1.807) is 0 Å². The van der Waals surface area contributed by atoms with Crippen LogP contribution in [0.5, 0.6) is 0 Å². The smallest absolute Gasteiger partial charge is 0.140 e. The third-order valence-electron chi connectivity index (χ3n) is 9.52. The summed E-state index contributed by atoms with van der Waals surface area (Å²) in [5.41, 5.74) is 9.73. The molecule has 0 radical (unpaired) electrons. The van der Waals surface area contributed by atoms with Crippen LogP contribution in [0.3, 0.4) is 0 Å². The van der Waals surface area contributed by atoms with Gasteiger partial charge in [-0.15, -0.1) is 0 Å². The fourth-order valence-electron chi connectivity index (χ4n) is 7.63. The molecule has 0 atom stereocenters. The van der Waals surface area contributed by atoms with Gasteiger partial charge in [-0.25, -0.2) is 4.98 Å². The van der Waals surface area contributed by atoms with E-state index in [0.717, 1.165) is 41.2 Å². The maximum absolute atomic E-state index is 5.40. The molecule has 0 unspecified atom stereocenters. The van der Waals surface area contributed by atoms with Crippen molar-refractivity contribution in [2.24, 2.45) is 0 Å². The van der Waals surface area contributed by atoms with E-state index in [1.165, 1.54) is 54.7 Å². The van der Waals surface area contributed by atoms with Crippen LogP contribution in [0.15, 0.2) is 140 Å². The molecule has 0 N–H and O–H groups in total. The van der Waals surface area contributed by atoms with Gasteiger partial charge in [-0.2, -0.15) is 0 Å². The largest absolute Gasteiger partial charge is 0.309 e. The van der Waals surface area contributed by atoms with E-state index in [4.69, 9.17) is 4.98 Å². The summed E-state index contributed by atoms with van der Waals surface area (Å²) in [5.74, 6) is 1.84. The van der Waals surface area contributed by atoms with Crippen molar-refractivity contribution in [1.82, 2.24) is 18.7 Å². The summed E-state index contributed by atoms with van der Waals surface area (Å²) in [5, 5.41) is 6.34. The highest BCUT2D eigenvalue weighted by Gasteiger charge is 2.23. The molecule has 1 aliphatic carbocycles. The van der Waals surface area contributed by atoms with Crippen molar-refractivity contribution in [2.75, 3.05) is 0 Å². The van der Waals surface area contributed by atoms with Gasteiger partial charge in [-0.1, -0.05) is 84.9 Å². The Bertz CT molecular complexity index is 2590. The molecule has 4 heterocycles. The number of para-hydroxylation sites is 4. The number of hydrogen-bond donors (Lipinski definition) is 0. The number of pyridine rings is 1. The van der Waals surface area contributed by atoms with E-state index in [1.807, 2.05) is 0 Å². The molecule has 212 valence electrons. The molecule has 0 bridgehead atoms. The van der Waals surface area contributed by atoms with Crippen molar-refractivity contribution in [3.8, 4) is 17.3 Å². The number of fused-ring (bicyclic) bond motifs is 9. The first-order chi connectivity index (χ1) is 22.3. The first-order valence-electron chi connectivity index (χ1n) is 15.6. The van der Waals surface area contributed by atoms with Crippen LogP contribution in [-0.2, 0) is 6.42 Å².